The molecule has 0 N–H and O–H groups in total. The molecule has 0 aromatic heterocycles. The number of nitrogens with zero attached hydrogens (tertiary/aromatic N) is 1. The minimum atomic E-state index is 0.171. The number of hydrogen-bond donors (Lipinski definition) is 0. The first-order valence-corrected chi connectivity index (χ1v) is 6.10. The average molecular weight is 223 g/mol. The molecule has 1 heterocycles. The third-order valence-electron chi connectivity index (χ3n) is 3.46. The summed E-state index contributed by atoms with van der Waals surface area (Å²) in [7, 11) is 0. The number of carbonyl (C=O) groups is 1. The van der Waals surface area contributed by atoms with Crippen LogP contribution < -0.4 is 0 Å². The van der Waals surface area contributed by atoms with Crippen molar-refractivity contribution >= 4 is 5.78 Å². The summed E-state index contributed by atoms with van der Waals surface area (Å²) < 4.78 is 5.32. The minimum absolute atomic E-state index is 0.171. The summed E-state index contributed by atoms with van der Waals surface area (Å²) in [4.78, 5) is 14.2. The van der Waals surface area contributed by atoms with Crippen molar-refractivity contribution < 1.29 is 9.53 Å². The molecule has 1 atom stereocenters. The highest BCUT2D eigenvalue weighted by atomic mass is 16.5. The number of rotatable bonds is 2. The average Bonchev–Trinajstić information content (AvgIpc) is 2.25. The third-order valence-corrected chi connectivity index (χ3v) is 3.46. The second-order valence-electron chi connectivity index (χ2n) is 5.54. The van der Waals surface area contributed by atoms with E-state index in [9.17, 15) is 4.79 Å². The molecular weight excluding hydrogens is 202 g/mol. The van der Waals surface area contributed by atoms with Crippen LogP contribution >= 0.6 is 0 Å². The monoisotopic (exact) mass is 223 g/mol. The van der Waals surface area contributed by atoms with E-state index >= 15 is 0 Å². The van der Waals surface area contributed by atoms with Gasteiger partial charge < -0.3 is 4.74 Å². The SMILES string of the molecule is CC1(C)C=CC(=O)C(CN2CCOCC2)C1. The van der Waals surface area contributed by atoms with Crippen molar-refractivity contribution in [1.29, 1.82) is 0 Å². The van der Waals surface area contributed by atoms with E-state index in [0.29, 0.717) is 5.78 Å². The normalized spacial score (nSPS) is 30.6. The Bertz CT molecular complexity index is 290. The van der Waals surface area contributed by atoms with Crippen molar-refractivity contribution in [3.8, 4) is 0 Å². The number of ether oxygens (including phenoxy) is 1. The molecule has 16 heavy (non-hydrogen) atoms. The fourth-order valence-corrected chi connectivity index (χ4v) is 2.50. The molecule has 0 amide bonds. The van der Waals surface area contributed by atoms with Gasteiger partial charge in [-0.2, -0.15) is 0 Å². The smallest absolute Gasteiger partial charge is 0.159 e. The van der Waals surface area contributed by atoms with Gasteiger partial charge in [0.1, 0.15) is 0 Å². The molecule has 0 aromatic carbocycles. The number of allylic oxidation sites excluding steroid dienone is 2. The Kier molecular flexibility index (Phi) is 3.45. The third kappa shape index (κ3) is 2.92. The highest BCUT2D eigenvalue weighted by molar-refractivity contribution is 5.92. The van der Waals surface area contributed by atoms with Crippen LogP contribution in [0.5, 0.6) is 0 Å². The van der Waals surface area contributed by atoms with E-state index in [0.717, 1.165) is 39.3 Å². The Hall–Kier alpha value is -0.670. The van der Waals surface area contributed by atoms with Crippen LogP contribution in [0.2, 0.25) is 0 Å². The maximum Gasteiger partial charge on any atom is 0.159 e. The molecule has 3 heteroatoms. The molecule has 1 unspecified atom stereocenters. The van der Waals surface area contributed by atoms with Crippen molar-refractivity contribution in [2.75, 3.05) is 32.8 Å². The van der Waals surface area contributed by atoms with E-state index in [1.807, 2.05) is 6.08 Å². The fraction of sp³-hybridized carbons (Fsp3) is 0.769. The van der Waals surface area contributed by atoms with Gasteiger partial charge in [0.2, 0.25) is 0 Å². The molecule has 0 bridgehead atoms. The van der Waals surface area contributed by atoms with Gasteiger partial charge in [-0.05, 0) is 17.9 Å². The Balaban J connectivity index is 1.93. The highest BCUT2D eigenvalue weighted by Gasteiger charge is 2.30. The second-order valence-corrected chi connectivity index (χ2v) is 5.54. The van der Waals surface area contributed by atoms with E-state index in [1.54, 1.807) is 6.08 Å². The number of morpholine rings is 1. The second kappa shape index (κ2) is 4.68. The van der Waals surface area contributed by atoms with E-state index < -0.39 is 0 Å². The number of hydrogen-bond acceptors (Lipinski definition) is 3. The van der Waals surface area contributed by atoms with Gasteiger partial charge in [-0.25, -0.2) is 0 Å². The summed E-state index contributed by atoms with van der Waals surface area (Å²) in [6.45, 7) is 8.84. The zero-order valence-corrected chi connectivity index (χ0v) is 10.2. The molecule has 0 spiro atoms. The first kappa shape index (κ1) is 11.8. The van der Waals surface area contributed by atoms with Crippen LogP contribution in [0.4, 0.5) is 0 Å². The van der Waals surface area contributed by atoms with Crippen LogP contribution in [-0.2, 0) is 9.53 Å². The van der Waals surface area contributed by atoms with E-state index in [4.69, 9.17) is 4.74 Å². The predicted octanol–water partition coefficient (Wildman–Crippen LogP) is 1.49. The van der Waals surface area contributed by atoms with Crippen molar-refractivity contribution in [3.63, 3.8) is 0 Å². The highest BCUT2D eigenvalue weighted by Crippen LogP contribution is 2.32. The molecule has 3 nitrogen and oxygen atoms in total. The summed E-state index contributed by atoms with van der Waals surface area (Å²) in [5.74, 6) is 0.476. The Morgan fingerprint density at radius 2 is 2.12 bits per heavy atom. The minimum Gasteiger partial charge on any atom is -0.379 e. The van der Waals surface area contributed by atoms with Crippen LogP contribution in [0, 0.1) is 11.3 Å². The van der Waals surface area contributed by atoms with E-state index in [2.05, 4.69) is 18.7 Å². The van der Waals surface area contributed by atoms with Crippen LogP contribution in [0.25, 0.3) is 0 Å². The van der Waals surface area contributed by atoms with Crippen molar-refractivity contribution in [2.45, 2.75) is 20.3 Å². The summed E-state index contributed by atoms with van der Waals surface area (Å²) in [6.07, 6.45) is 4.79. The summed E-state index contributed by atoms with van der Waals surface area (Å²) in [5.41, 5.74) is 0.171. The Morgan fingerprint density at radius 1 is 1.44 bits per heavy atom. The quantitative estimate of drug-likeness (QED) is 0.710. The fourth-order valence-electron chi connectivity index (χ4n) is 2.50. The predicted molar refractivity (Wildman–Crippen MR) is 63.3 cm³/mol. The van der Waals surface area contributed by atoms with Gasteiger partial charge in [-0.3, -0.25) is 9.69 Å². The maximum absolute atomic E-state index is 11.8. The van der Waals surface area contributed by atoms with Gasteiger partial charge in [-0.1, -0.05) is 19.9 Å². The molecule has 1 saturated heterocycles. The summed E-state index contributed by atoms with van der Waals surface area (Å²) in [5, 5.41) is 0. The summed E-state index contributed by atoms with van der Waals surface area (Å²) in [6, 6.07) is 0. The van der Waals surface area contributed by atoms with Crippen LogP contribution in [0.1, 0.15) is 20.3 Å². The van der Waals surface area contributed by atoms with Crippen molar-refractivity contribution in [1.82, 2.24) is 4.90 Å². The Labute approximate surface area is 97.5 Å². The molecule has 1 aliphatic heterocycles. The van der Waals surface area contributed by atoms with Gasteiger partial charge >= 0.3 is 0 Å². The lowest BCUT2D eigenvalue weighted by atomic mass is 9.76. The molecule has 2 aliphatic rings. The number of carbonyl (C=O) groups excluding carboxylic acids is 1. The first-order valence-electron chi connectivity index (χ1n) is 6.10. The number of ketones is 1. The van der Waals surface area contributed by atoms with Gasteiger partial charge in [0, 0.05) is 25.6 Å². The van der Waals surface area contributed by atoms with E-state index in [-0.39, 0.29) is 11.3 Å². The molecule has 1 fully saturated rings. The lowest BCUT2D eigenvalue weighted by molar-refractivity contribution is -0.120. The van der Waals surface area contributed by atoms with Crippen LogP contribution in [0.3, 0.4) is 0 Å². The largest absolute Gasteiger partial charge is 0.379 e. The molecule has 0 radical (unpaired) electrons. The standard InChI is InChI=1S/C13H21NO2/c1-13(2)4-3-12(15)11(9-13)10-14-5-7-16-8-6-14/h3-4,11H,5-10H2,1-2H3. The zero-order chi connectivity index (χ0) is 11.6. The molecule has 1 aliphatic carbocycles. The Morgan fingerprint density at radius 3 is 2.81 bits per heavy atom. The molecule has 0 aromatic rings. The maximum atomic E-state index is 11.8. The molecule has 2 rings (SSSR count). The topological polar surface area (TPSA) is 29.5 Å². The lowest BCUT2D eigenvalue weighted by Gasteiger charge is -2.34. The van der Waals surface area contributed by atoms with Gasteiger partial charge in [-0.15, -0.1) is 0 Å². The zero-order valence-electron chi connectivity index (χ0n) is 10.2. The van der Waals surface area contributed by atoms with Crippen molar-refractivity contribution in [2.24, 2.45) is 11.3 Å². The van der Waals surface area contributed by atoms with Gasteiger partial charge in [0.15, 0.2) is 5.78 Å². The molecular formula is C13H21NO2. The van der Waals surface area contributed by atoms with E-state index in [1.165, 1.54) is 0 Å². The summed E-state index contributed by atoms with van der Waals surface area (Å²) >= 11 is 0. The van der Waals surface area contributed by atoms with Crippen molar-refractivity contribution in [3.05, 3.63) is 12.2 Å². The molecule has 90 valence electrons. The first-order chi connectivity index (χ1) is 7.57. The lowest BCUT2D eigenvalue weighted by Crippen LogP contribution is -2.42. The van der Waals surface area contributed by atoms with Gasteiger partial charge in [0.25, 0.3) is 0 Å². The van der Waals surface area contributed by atoms with Crippen LogP contribution in [-0.4, -0.2) is 43.5 Å². The van der Waals surface area contributed by atoms with Gasteiger partial charge in [0.05, 0.1) is 13.2 Å². The molecule has 0 saturated carbocycles. The van der Waals surface area contributed by atoms with Crippen LogP contribution in [0.15, 0.2) is 12.2 Å².